The van der Waals surface area contributed by atoms with Gasteiger partial charge in [0.15, 0.2) is 0 Å². The zero-order valence-electron chi connectivity index (χ0n) is 14.3. The molecule has 2 aliphatic rings. The number of hydrogen-bond donors (Lipinski definition) is 0. The molecule has 1 aliphatic carbocycles. The van der Waals surface area contributed by atoms with Gasteiger partial charge in [0.05, 0.1) is 13.0 Å². The highest BCUT2D eigenvalue weighted by molar-refractivity contribution is 5.73. The highest BCUT2D eigenvalue weighted by Gasteiger charge is 2.38. The molecule has 1 saturated carbocycles. The van der Waals surface area contributed by atoms with Gasteiger partial charge in [-0.2, -0.15) is 0 Å². The van der Waals surface area contributed by atoms with Gasteiger partial charge in [0, 0.05) is 12.5 Å². The number of likely N-dealkylation sites (tertiary alicyclic amines) is 1. The molecule has 0 amide bonds. The Labute approximate surface area is 133 Å². The molecule has 0 radical (unpaired) electrons. The van der Waals surface area contributed by atoms with E-state index in [0.717, 1.165) is 38.8 Å². The summed E-state index contributed by atoms with van der Waals surface area (Å²) >= 11 is 0. The van der Waals surface area contributed by atoms with Crippen LogP contribution >= 0.6 is 0 Å². The molecule has 5 heteroatoms. The number of rotatable bonds is 4. The third kappa shape index (κ3) is 4.70. The first-order valence-corrected chi connectivity index (χ1v) is 8.32. The van der Waals surface area contributed by atoms with Crippen molar-refractivity contribution in [2.24, 2.45) is 11.8 Å². The van der Waals surface area contributed by atoms with Crippen molar-refractivity contribution in [3.8, 4) is 0 Å². The van der Waals surface area contributed by atoms with Crippen LogP contribution in [0.3, 0.4) is 0 Å². The smallest absolute Gasteiger partial charge is 0.309 e. The van der Waals surface area contributed by atoms with E-state index >= 15 is 0 Å². The Morgan fingerprint density at radius 3 is 2.23 bits per heavy atom. The summed E-state index contributed by atoms with van der Waals surface area (Å²) in [5.74, 6) is 0.360. The lowest BCUT2D eigenvalue weighted by atomic mass is 9.76. The summed E-state index contributed by atoms with van der Waals surface area (Å²) < 4.78 is 10.2. The third-order valence-electron chi connectivity index (χ3n) is 4.68. The lowest BCUT2D eigenvalue weighted by Gasteiger charge is -2.45. The van der Waals surface area contributed by atoms with Crippen LogP contribution in [0.25, 0.3) is 0 Å². The van der Waals surface area contributed by atoms with Crippen molar-refractivity contribution in [1.82, 2.24) is 4.90 Å². The number of esters is 2. The number of carbonyl (C=O) groups excluding carboxylic acids is 2. The van der Waals surface area contributed by atoms with E-state index in [0.29, 0.717) is 18.4 Å². The minimum absolute atomic E-state index is 0.0430. The molecule has 0 aromatic carbocycles. The topological polar surface area (TPSA) is 55.8 Å². The lowest BCUT2D eigenvalue weighted by Crippen LogP contribution is -2.49. The van der Waals surface area contributed by atoms with E-state index < -0.39 is 5.60 Å². The first-order valence-electron chi connectivity index (χ1n) is 8.32. The molecule has 22 heavy (non-hydrogen) atoms. The Bertz CT molecular complexity index is 401. The molecule has 1 saturated heterocycles. The van der Waals surface area contributed by atoms with Crippen molar-refractivity contribution >= 4 is 11.9 Å². The van der Waals surface area contributed by atoms with Gasteiger partial charge in [0.1, 0.15) is 5.60 Å². The monoisotopic (exact) mass is 311 g/mol. The SMILES string of the molecule is COC(=O)CC1CC(N2CCC(C(=O)OC(C)(C)C)CC2)C1. The summed E-state index contributed by atoms with van der Waals surface area (Å²) in [5, 5.41) is 0. The van der Waals surface area contributed by atoms with Crippen molar-refractivity contribution in [3.63, 3.8) is 0 Å². The molecule has 0 aromatic rings. The molecule has 0 aromatic heterocycles. The zero-order valence-corrected chi connectivity index (χ0v) is 14.3. The number of methoxy groups -OCH3 is 1. The van der Waals surface area contributed by atoms with E-state index in [1.54, 1.807) is 0 Å². The number of hydrogen-bond acceptors (Lipinski definition) is 5. The van der Waals surface area contributed by atoms with Gasteiger partial charge in [-0.25, -0.2) is 0 Å². The molecule has 0 spiro atoms. The summed E-state index contributed by atoms with van der Waals surface area (Å²) in [7, 11) is 1.44. The van der Waals surface area contributed by atoms with Crippen molar-refractivity contribution in [3.05, 3.63) is 0 Å². The van der Waals surface area contributed by atoms with Crippen LogP contribution < -0.4 is 0 Å². The molecule has 0 unspecified atom stereocenters. The Kier molecular flexibility index (Phi) is 5.48. The second-order valence-corrected chi connectivity index (χ2v) is 7.62. The third-order valence-corrected chi connectivity index (χ3v) is 4.68. The Hall–Kier alpha value is -1.10. The molecule has 2 rings (SSSR count). The van der Waals surface area contributed by atoms with Crippen LogP contribution in [-0.4, -0.2) is 48.7 Å². The fourth-order valence-electron chi connectivity index (χ4n) is 3.37. The summed E-state index contributed by atoms with van der Waals surface area (Å²) in [6.07, 6.45) is 4.46. The highest BCUT2D eigenvalue weighted by atomic mass is 16.6. The maximum absolute atomic E-state index is 12.1. The van der Waals surface area contributed by atoms with Crippen molar-refractivity contribution < 1.29 is 19.1 Å². The van der Waals surface area contributed by atoms with E-state index in [9.17, 15) is 9.59 Å². The standard InChI is InChI=1S/C17H29NO4/c1-17(2,3)22-16(20)13-5-7-18(8-6-13)14-9-12(10-14)11-15(19)21-4/h12-14H,5-11H2,1-4H3. The second kappa shape index (κ2) is 6.99. The predicted octanol–water partition coefficient (Wildman–Crippen LogP) is 2.38. The average molecular weight is 311 g/mol. The minimum atomic E-state index is -0.400. The molecule has 1 heterocycles. The molecular weight excluding hydrogens is 282 g/mol. The molecule has 2 fully saturated rings. The molecule has 0 N–H and O–H groups in total. The molecule has 126 valence electrons. The van der Waals surface area contributed by atoms with E-state index in [1.165, 1.54) is 7.11 Å². The summed E-state index contributed by atoms with van der Waals surface area (Å²) in [4.78, 5) is 25.8. The van der Waals surface area contributed by atoms with Crippen LogP contribution in [0.2, 0.25) is 0 Å². The van der Waals surface area contributed by atoms with E-state index in [4.69, 9.17) is 9.47 Å². The summed E-state index contributed by atoms with van der Waals surface area (Å²) in [6, 6.07) is 0.578. The maximum Gasteiger partial charge on any atom is 0.309 e. The van der Waals surface area contributed by atoms with E-state index in [-0.39, 0.29) is 17.9 Å². The van der Waals surface area contributed by atoms with Gasteiger partial charge in [-0.15, -0.1) is 0 Å². The average Bonchev–Trinajstić information content (AvgIpc) is 2.40. The van der Waals surface area contributed by atoms with Crippen LogP contribution in [0, 0.1) is 11.8 Å². The Morgan fingerprint density at radius 2 is 1.73 bits per heavy atom. The van der Waals surface area contributed by atoms with Crippen molar-refractivity contribution in [2.75, 3.05) is 20.2 Å². The fraction of sp³-hybridized carbons (Fsp3) is 0.882. The Balaban J connectivity index is 1.68. The van der Waals surface area contributed by atoms with Gasteiger partial charge >= 0.3 is 11.9 Å². The normalized spacial score (nSPS) is 27.1. The molecule has 5 nitrogen and oxygen atoms in total. The predicted molar refractivity (Wildman–Crippen MR) is 83.3 cm³/mol. The number of ether oxygens (including phenoxy) is 2. The quantitative estimate of drug-likeness (QED) is 0.746. The molecule has 0 atom stereocenters. The van der Waals surface area contributed by atoms with Crippen molar-refractivity contribution in [1.29, 1.82) is 0 Å². The maximum atomic E-state index is 12.1. The first-order chi connectivity index (χ1) is 10.3. The number of piperidine rings is 1. The largest absolute Gasteiger partial charge is 0.469 e. The summed E-state index contributed by atoms with van der Waals surface area (Å²) in [5.41, 5.74) is -0.400. The molecular formula is C17H29NO4. The second-order valence-electron chi connectivity index (χ2n) is 7.62. The molecule has 0 bridgehead atoms. The van der Waals surface area contributed by atoms with Gasteiger partial charge in [0.25, 0.3) is 0 Å². The van der Waals surface area contributed by atoms with Crippen LogP contribution in [0.4, 0.5) is 0 Å². The van der Waals surface area contributed by atoms with E-state index in [2.05, 4.69) is 4.90 Å². The van der Waals surface area contributed by atoms with Gasteiger partial charge in [-0.05, 0) is 65.5 Å². The number of nitrogens with zero attached hydrogens (tertiary/aromatic N) is 1. The Morgan fingerprint density at radius 1 is 1.14 bits per heavy atom. The number of carbonyl (C=O) groups is 2. The van der Waals surface area contributed by atoms with Crippen LogP contribution in [0.1, 0.15) is 52.9 Å². The van der Waals surface area contributed by atoms with E-state index in [1.807, 2.05) is 20.8 Å². The lowest BCUT2D eigenvalue weighted by molar-refractivity contribution is -0.162. The van der Waals surface area contributed by atoms with Gasteiger partial charge in [-0.1, -0.05) is 0 Å². The van der Waals surface area contributed by atoms with Crippen LogP contribution in [0.5, 0.6) is 0 Å². The summed E-state index contributed by atoms with van der Waals surface area (Å²) in [6.45, 7) is 7.65. The van der Waals surface area contributed by atoms with Gasteiger partial charge in [0.2, 0.25) is 0 Å². The fourth-order valence-corrected chi connectivity index (χ4v) is 3.37. The zero-order chi connectivity index (χ0) is 16.3. The molecule has 1 aliphatic heterocycles. The van der Waals surface area contributed by atoms with Gasteiger partial charge < -0.3 is 14.4 Å². The van der Waals surface area contributed by atoms with Crippen LogP contribution in [0.15, 0.2) is 0 Å². The van der Waals surface area contributed by atoms with Gasteiger partial charge in [-0.3, -0.25) is 9.59 Å². The highest BCUT2D eigenvalue weighted by Crippen LogP contribution is 2.36. The minimum Gasteiger partial charge on any atom is -0.469 e. The van der Waals surface area contributed by atoms with Crippen molar-refractivity contribution in [2.45, 2.75) is 64.5 Å². The first kappa shape index (κ1) is 17.3. The van der Waals surface area contributed by atoms with Crippen LogP contribution in [-0.2, 0) is 19.1 Å².